The van der Waals surface area contributed by atoms with Crippen LogP contribution in [0.25, 0.3) is 0 Å². The number of carbonyl (C=O) groups is 1. The lowest BCUT2D eigenvalue weighted by molar-refractivity contribution is 0.0903. The third-order valence-electron chi connectivity index (χ3n) is 3.29. The summed E-state index contributed by atoms with van der Waals surface area (Å²) in [4.78, 5) is 12.4. The molecule has 2 N–H and O–H groups in total. The number of hydrogen-bond donors (Lipinski definition) is 1. The van der Waals surface area contributed by atoms with Crippen molar-refractivity contribution >= 4 is 6.03 Å². The smallest absolute Gasteiger partial charge is 0.314 e. The van der Waals surface area contributed by atoms with Crippen LogP contribution in [0.3, 0.4) is 0 Å². The largest absolute Gasteiger partial charge is 0.351 e. The predicted octanol–water partition coefficient (Wildman–Crippen LogP) is 1.19. The van der Waals surface area contributed by atoms with Crippen LogP contribution in [0.1, 0.15) is 25.7 Å². The Hall–Kier alpha value is -0.730. The molecule has 1 saturated carbocycles. The van der Waals surface area contributed by atoms with E-state index in [9.17, 15) is 4.79 Å². The van der Waals surface area contributed by atoms with Gasteiger partial charge in [0.2, 0.25) is 0 Å². The molecule has 0 aromatic carbocycles. The third kappa shape index (κ3) is 1.28. The van der Waals surface area contributed by atoms with Crippen LogP contribution in [-0.2, 0) is 0 Å². The average Bonchev–Trinajstić information content (AvgIpc) is 2.34. The fraction of sp³-hybridized carbons (Fsp3) is 0.889. The average molecular weight is 168 g/mol. The van der Waals surface area contributed by atoms with E-state index in [0.717, 1.165) is 24.9 Å². The lowest BCUT2D eigenvalue weighted by atomic mass is 9.85. The Morgan fingerprint density at radius 2 is 1.75 bits per heavy atom. The second-order valence-corrected chi connectivity index (χ2v) is 4.05. The van der Waals surface area contributed by atoms with Gasteiger partial charge < -0.3 is 10.6 Å². The Kier molecular flexibility index (Phi) is 1.95. The van der Waals surface area contributed by atoms with Crippen LogP contribution in [0.15, 0.2) is 0 Å². The lowest BCUT2D eigenvalue weighted by Gasteiger charge is -2.41. The Balaban J connectivity index is 1.77. The van der Waals surface area contributed by atoms with Crippen LogP contribution in [0.4, 0.5) is 4.79 Å². The van der Waals surface area contributed by atoms with Gasteiger partial charge in [-0.05, 0) is 11.8 Å². The number of carbonyl (C=O) groups excluding carboxylic acids is 1. The first-order valence-corrected chi connectivity index (χ1v) is 4.82. The summed E-state index contributed by atoms with van der Waals surface area (Å²) in [7, 11) is 0. The number of hydrogen-bond acceptors (Lipinski definition) is 1. The van der Waals surface area contributed by atoms with Crippen LogP contribution in [0, 0.1) is 11.8 Å². The Morgan fingerprint density at radius 3 is 2.25 bits per heavy atom. The van der Waals surface area contributed by atoms with Crippen molar-refractivity contribution in [3.05, 3.63) is 0 Å². The molecule has 12 heavy (non-hydrogen) atoms. The van der Waals surface area contributed by atoms with Crippen LogP contribution in [0.2, 0.25) is 0 Å². The maximum Gasteiger partial charge on any atom is 0.314 e. The number of urea groups is 1. The Morgan fingerprint density at radius 1 is 1.17 bits per heavy atom. The minimum atomic E-state index is -0.246. The monoisotopic (exact) mass is 168 g/mol. The van der Waals surface area contributed by atoms with Gasteiger partial charge in [-0.2, -0.15) is 0 Å². The first-order chi connectivity index (χ1) is 5.77. The van der Waals surface area contributed by atoms with E-state index >= 15 is 0 Å². The number of likely N-dealkylation sites (tertiary alicyclic amines) is 1. The lowest BCUT2D eigenvalue weighted by Crippen LogP contribution is -2.54. The minimum Gasteiger partial charge on any atom is -0.351 e. The molecule has 0 atom stereocenters. The zero-order valence-electron chi connectivity index (χ0n) is 7.33. The van der Waals surface area contributed by atoms with Crippen LogP contribution in [0.5, 0.6) is 0 Å². The molecule has 2 aliphatic rings. The molecule has 2 rings (SSSR count). The summed E-state index contributed by atoms with van der Waals surface area (Å²) in [5.41, 5.74) is 5.15. The van der Waals surface area contributed by atoms with E-state index in [-0.39, 0.29) is 6.03 Å². The number of primary amides is 1. The van der Waals surface area contributed by atoms with Gasteiger partial charge >= 0.3 is 6.03 Å². The summed E-state index contributed by atoms with van der Waals surface area (Å²) in [6.07, 6.45) is 5.52. The number of nitrogens with zero attached hydrogens (tertiary/aromatic N) is 1. The quantitative estimate of drug-likeness (QED) is 0.628. The summed E-state index contributed by atoms with van der Waals surface area (Å²) in [5, 5.41) is 0. The second-order valence-electron chi connectivity index (χ2n) is 4.05. The van der Waals surface area contributed by atoms with Gasteiger partial charge in [-0.25, -0.2) is 4.79 Å². The summed E-state index contributed by atoms with van der Waals surface area (Å²) >= 11 is 0. The van der Waals surface area contributed by atoms with Crippen molar-refractivity contribution in [3.8, 4) is 0 Å². The van der Waals surface area contributed by atoms with Gasteiger partial charge in [-0.15, -0.1) is 0 Å². The highest BCUT2D eigenvalue weighted by molar-refractivity contribution is 5.72. The Labute approximate surface area is 72.9 Å². The molecular formula is C9H16N2O. The summed E-state index contributed by atoms with van der Waals surface area (Å²) in [6, 6.07) is -0.246. The number of nitrogens with two attached hydrogens (primary N) is 1. The maximum atomic E-state index is 10.7. The second kappa shape index (κ2) is 2.96. The predicted molar refractivity (Wildman–Crippen MR) is 46.6 cm³/mol. The van der Waals surface area contributed by atoms with Crippen LogP contribution < -0.4 is 5.73 Å². The molecular weight excluding hydrogens is 152 g/mol. The van der Waals surface area contributed by atoms with Crippen molar-refractivity contribution in [2.24, 2.45) is 17.6 Å². The highest BCUT2D eigenvalue weighted by atomic mass is 16.2. The summed E-state index contributed by atoms with van der Waals surface area (Å²) in [5.74, 6) is 1.65. The standard InChI is InChI=1S/C9H16N2O/c10-9(12)11-5-8(6-11)7-3-1-2-4-7/h7-8H,1-6H2,(H2,10,12). The van der Waals surface area contributed by atoms with Gasteiger partial charge in [0.1, 0.15) is 0 Å². The minimum absolute atomic E-state index is 0.246. The van der Waals surface area contributed by atoms with E-state index in [1.807, 2.05) is 0 Å². The Bertz CT molecular complexity index is 181. The number of amides is 2. The molecule has 0 aromatic rings. The molecule has 0 bridgehead atoms. The van der Waals surface area contributed by atoms with Crippen molar-refractivity contribution in [3.63, 3.8) is 0 Å². The molecule has 0 aromatic heterocycles. The van der Waals surface area contributed by atoms with E-state index in [4.69, 9.17) is 5.73 Å². The van der Waals surface area contributed by atoms with E-state index in [1.54, 1.807) is 4.90 Å². The normalized spacial score (nSPS) is 25.8. The third-order valence-corrected chi connectivity index (χ3v) is 3.29. The molecule has 1 saturated heterocycles. The van der Waals surface area contributed by atoms with Crippen LogP contribution >= 0.6 is 0 Å². The molecule has 1 aliphatic heterocycles. The van der Waals surface area contributed by atoms with E-state index in [1.165, 1.54) is 25.7 Å². The van der Waals surface area contributed by atoms with Gasteiger partial charge in [0, 0.05) is 13.1 Å². The van der Waals surface area contributed by atoms with Gasteiger partial charge in [0.25, 0.3) is 0 Å². The first-order valence-electron chi connectivity index (χ1n) is 4.82. The van der Waals surface area contributed by atoms with E-state index in [2.05, 4.69) is 0 Å². The summed E-state index contributed by atoms with van der Waals surface area (Å²) in [6.45, 7) is 1.83. The van der Waals surface area contributed by atoms with Gasteiger partial charge in [-0.3, -0.25) is 0 Å². The zero-order chi connectivity index (χ0) is 8.55. The molecule has 1 aliphatic carbocycles. The van der Waals surface area contributed by atoms with Gasteiger partial charge in [-0.1, -0.05) is 25.7 Å². The van der Waals surface area contributed by atoms with Crippen molar-refractivity contribution in [2.45, 2.75) is 25.7 Å². The fourth-order valence-electron chi connectivity index (χ4n) is 2.42. The molecule has 2 amide bonds. The van der Waals surface area contributed by atoms with Crippen molar-refractivity contribution in [1.29, 1.82) is 0 Å². The highest BCUT2D eigenvalue weighted by Crippen LogP contribution is 2.35. The SMILES string of the molecule is NC(=O)N1CC(C2CCCC2)C1. The van der Waals surface area contributed by atoms with E-state index < -0.39 is 0 Å². The number of rotatable bonds is 1. The molecule has 3 nitrogen and oxygen atoms in total. The maximum absolute atomic E-state index is 10.7. The molecule has 0 radical (unpaired) electrons. The van der Waals surface area contributed by atoms with Crippen molar-refractivity contribution in [1.82, 2.24) is 4.90 Å². The topological polar surface area (TPSA) is 46.3 Å². The first kappa shape index (κ1) is 7.90. The van der Waals surface area contributed by atoms with Crippen molar-refractivity contribution in [2.75, 3.05) is 13.1 Å². The summed E-state index contributed by atoms with van der Waals surface area (Å²) < 4.78 is 0. The van der Waals surface area contributed by atoms with Gasteiger partial charge in [0.05, 0.1) is 0 Å². The van der Waals surface area contributed by atoms with E-state index in [0.29, 0.717) is 0 Å². The van der Waals surface area contributed by atoms with Crippen LogP contribution in [-0.4, -0.2) is 24.0 Å². The van der Waals surface area contributed by atoms with Gasteiger partial charge in [0.15, 0.2) is 0 Å². The van der Waals surface area contributed by atoms with Crippen molar-refractivity contribution < 1.29 is 4.79 Å². The highest BCUT2D eigenvalue weighted by Gasteiger charge is 2.36. The molecule has 68 valence electrons. The fourth-order valence-corrected chi connectivity index (χ4v) is 2.42. The molecule has 0 unspecified atom stereocenters. The molecule has 2 fully saturated rings. The molecule has 1 heterocycles. The molecule has 3 heteroatoms. The zero-order valence-corrected chi connectivity index (χ0v) is 7.33. The molecule has 0 spiro atoms.